The summed E-state index contributed by atoms with van der Waals surface area (Å²) in [6, 6.07) is 9.57. The number of methoxy groups -OCH3 is 2. The highest BCUT2D eigenvalue weighted by molar-refractivity contribution is 7.91. The quantitative estimate of drug-likeness (QED) is 0.673. The maximum absolute atomic E-state index is 13.6. The van der Waals surface area contributed by atoms with Crippen LogP contribution in [0.15, 0.2) is 36.4 Å². The summed E-state index contributed by atoms with van der Waals surface area (Å²) in [6.45, 7) is -0.341. The minimum Gasteiger partial charge on any atom is -0.493 e. The average Bonchev–Trinajstić information content (AvgIpc) is 3.31. The number of fused-ring (bicyclic) bond motifs is 5. The summed E-state index contributed by atoms with van der Waals surface area (Å²) in [4.78, 5) is 42.8. The van der Waals surface area contributed by atoms with Crippen LogP contribution < -0.4 is 19.7 Å². The van der Waals surface area contributed by atoms with Gasteiger partial charge in [0.1, 0.15) is 12.7 Å². The van der Waals surface area contributed by atoms with Crippen LogP contribution in [0.3, 0.4) is 0 Å². The molecule has 1 saturated heterocycles. The van der Waals surface area contributed by atoms with Crippen LogP contribution in [0.25, 0.3) is 0 Å². The molecule has 3 aliphatic heterocycles. The zero-order chi connectivity index (χ0) is 24.2. The van der Waals surface area contributed by atoms with Gasteiger partial charge in [0.2, 0.25) is 5.91 Å². The maximum Gasteiger partial charge on any atom is 0.264 e. The number of nitrogens with one attached hydrogen (secondary N) is 1. The Labute approximate surface area is 196 Å². The normalized spacial score (nSPS) is 22.2. The van der Waals surface area contributed by atoms with E-state index in [1.54, 1.807) is 36.4 Å². The molecule has 2 aromatic carbocycles. The monoisotopic (exact) mass is 485 g/mol. The summed E-state index contributed by atoms with van der Waals surface area (Å²) in [5.74, 6) is -0.733. The van der Waals surface area contributed by atoms with Crippen molar-refractivity contribution in [2.75, 3.05) is 37.2 Å². The van der Waals surface area contributed by atoms with Gasteiger partial charge in [-0.1, -0.05) is 18.2 Å². The lowest BCUT2D eigenvalue weighted by Gasteiger charge is -2.40. The van der Waals surface area contributed by atoms with E-state index in [9.17, 15) is 22.8 Å². The molecule has 1 N–H and O–H groups in total. The van der Waals surface area contributed by atoms with Gasteiger partial charge in [0, 0.05) is 11.6 Å². The van der Waals surface area contributed by atoms with Crippen LogP contribution in [0, 0.1) is 0 Å². The highest BCUT2D eigenvalue weighted by atomic mass is 32.2. The molecular weight excluding hydrogens is 462 g/mol. The highest BCUT2D eigenvalue weighted by Crippen LogP contribution is 2.49. The largest absolute Gasteiger partial charge is 0.493 e. The molecule has 178 valence electrons. The fraction of sp³-hybridized carbons (Fsp3) is 0.348. The Morgan fingerprint density at radius 2 is 1.85 bits per heavy atom. The second-order valence-corrected chi connectivity index (χ2v) is 10.7. The van der Waals surface area contributed by atoms with Crippen LogP contribution in [0.1, 0.15) is 38.9 Å². The summed E-state index contributed by atoms with van der Waals surface area (Å²) < 4.78 is 34.3. The molecule has 1 fully saturated rings. The van der Waals surface area contributed by atoms with E-state index in [4.69, 9.17) is 9.47 Å². The molecule has 3 aliphatic rings. The first-order valence-corrected chi connectivity index (χ1v) is 12.6. The van der Waals surface area contributed by atoms with Gasteiger partial charge in [0.05, 0.1) is 42.5 Å². The number of ether oxygens (including phenoxy) is 2. The van der Waals surface area contributed by atoms with Gasteiger partial charge in [0.15, 0.2) is 21.3 Å². The van der Waals surface area contributed by atoms with Gasteiger partial charge < -0.3 is 19.7 Å². The number of anilines is 1. The van der Waals surface area contributed by atoms with Crippen LogP contribution in [-0.4, -0.2) is 69.4 Å². The van der Waals surface area contributed by atoms with Crippen molar-refractivity contribution in [3.05, 3.63) is 53.1 Å². The molecule has 0 aliphatic carbocycles. The van der Waals surface area contributed by atoms with Gasteiger partial charge in [-0.05, 0) is 24.6 Å². The first-order chi connectivity index (χ1) is 16.3. The van der Waals surface area contributed by atoms with E-state index in [2.05, 4.69) is 5.32 Å². The van der Waals surface area contributed by atoms with Crippen molar-refractivity contribution in [2.24, 2.45) is 0 Å². The van der Waals surface area contributed by atoms with Crippen molar-refractivity contribution in [3.63, 3.8) is 0 Å². The van der Waals surface area contributed by atoms with E-state index in [0.29, 0.717) is 29.0 Å². The number of nitrogens with zero attached hydrogens (tertiary/aromatic N) is 2. The lowest BCUT2D eigenvalue weighted by Crippen LogP contribution is -2.52. The van der Waals surface area contributed by atoms with Gasteiger partial charge >= 0.3 is 0 Å². The lowest BCUT2D eigenvalue weighted by molar-refractivity contribution is -0.122. The number of hydrogen-bond acceptors (Lipinski definition) is 7. The Balaban J connectivity index is 1.55. The molecule has 0 radical (unpaired) electrons. The number of carbonyl (C=O) groups is 3. The molecule has 34 heavy (non-hydrogen) atoms. The molecule has 3 amide bonds. The fourth-order valence-corrected chi connectivity index (χ4v) is 6.60. The molecule has 0 bridgehead atoms. The molecule has 0 aromatic heterocycles. The van der Waals surface area contributed by atoms with Crippen molar-refractivity contribution in [1.82, 2.24) is 10.2 Å². The first kappa shape index (κ1) is 22.2. The van der Waals surface area contributed by atoms with E-state index < -0.39 is 33.9 Å². The summed E-state index contributed by atoms with van der Waals surface area (Å²) in [6.07, 6.45) is -0.526. The molecule has 3 heterocycles. The third-order valence-electron chi connectivity index (χ3n) is 6.39. The van der Waals surface area contributed by atoms with Crippen molar-refractivity contribution in [3.8, 4) is 11.5 Å². The second kappa shape index (κ2) is 8.01. The Morgan fingerprint density at radius 1 is 1.09 bits per heavy atom. The number of rotatable bonds is 5. The molecule has 11 heteroatoms. The molecule has 2 atom stereocenters. The summed E-state index contributed by atoms with van der Waals surface area (Å²) in [5.41, 5.74) is 1.52. The van der Waals surface area contributed by atoms with Gasteiger partial charge in [-0.3, -0.25) is 19.3 Å². The third-order valence-corrected chi connectivity index (χ3v) is 8.16. The van der Waals surface area contributed by atoms with Crippen LogP contribution in [0.5, 0.6) is 11.5 Å². The van der Waals surface area contributed by atoms with E-state index in [1.165, 1.54) is 24.0 Å². The van der Waals surface area contributed by atoms with Crippen molar-refractivity contribution in [2.45, 2.75) is 18.6 Å². The SMILES string of the molecule is COc1ccc2c(c1OC)C(=O)N1c3ccccc3C(=O)N(CC(=O)N[C@@H]3CCS(=O)(=O)C3)[C@H]21. The van der Waals surface area contributed by atoms with Gasteiger partial charge in [-0.25, -0.2) is 8.42 Å². The number of hydrogen-bond donors (Lipinski definition) is 1. The number of sulfone groups is 1. The zero-order valence-electron chi connectivity index (χ0n) is 18.6. The molecule has 5 rings (SSSR count). The average molecular weight is 486 g/mol. The topological polar surface area (TPSA) is 122 Å². The predicted octanol–water partition coefficient (Wildman–Crippen LogP) is 1.12. The van der Waals surface area contributed by atoms with Crippen LogP contribution in [-0.2, 0) is 14.6 Å². The van der Waals surface area contributed by atoms with Gasteiger partial charge in [-0.2, -0.15) is 0 Å². The Kier molecular flexibility index (Phi) is 5.23. The molecule has 2 aromatic rings. The van der Waals surface area contributed by atoms with E-state index in [-0.39, 0.29) is 35.3 Å². The zero-order valence-corrected chi connectivity index (χ0v) is 19.4. The Bertz CT molecular complexity index is 1320. The summed E-state index contributed by atoms with van der Waals surface area (Å²) in [7, 11) is -0.273. The van der Waals surface area contributed by atoms with Crippen LogP contribution in [0.4, 0.5) is 5.69 Å². The highest BCUT2D eigenvalue weighted by Gasteiger charge is 2.50. The molecule has 0 spiro atoms. The van der Waals surface area contributed by atoms with Crippen molar-refractivity contribution in [1.29, 1.82) is 0 Å². The smallest absolute Gasteiger partial charge is 0.264 e. The molecule has 0 saturated carbocycles. The predicted molar refractivity (Wildman–Crippen MR) is 122 cm³/mol. The minimum absolute atomic E-state index is 0.0217. The first-order valence-electron chi connectivity index (χ1n) is 10.7. The van der Waals surface area contributed by atoms with E-state index in [0.717, 1.165) is 0 Å². The number of para-hydroxylation sites is 1. The Hall–Kier alpha value is -3.60. The van der Waals surface area contributed by atoms with Crippen molar-refractivity contribution < 1.29 is 32.3 Å². The van der Waals surface area contributed by atoms with Crippen molar-refractivity contribution >= 4 is 33.2 Å². The summed E-state index contributed by atoms with van der Waals surface area (Å²) in [5, 5.41) is 2.72. The second-order valence-electron chi connectivity index (χ2n) is 8.43. The van der Waals surface area contributed by atoms with E-state index in [1.807, 2.05) is 0 Å². The molecular formula is C23H23N3O7S. The van der Waals surface area contributed by atoms with Gasteiger partial charge in [0.25, 0.3) is 11.8 Å². The summed E-state index contributed by atoms with van der Waals surface area (Å²) >= 11 is 0. The Morgan fingerprint density at radius 3 is 2.53 bits per heavy atom. The van der Waals surface area contributed by atoms with Crippen LogP contribution >= 0.6 is 0 Å². The number of amides is 3. The third kappa shape index (κ3) is 3.38. The number of carbonyl (C=O) groups excluding carboxylic acids is 3. The van der Waals surface area contributed by atoms with Crippen LogP contribution in [0.2, 0.25) is 0 Å². The van der Waals surface area contributed by atoms with E-state index >= 15 is 0 Å². The lowest BCUT2D eigenvalue weighted by atomic mass is 10.0. The minimum atomic E-state index is -3.17. The van der Waals surface area contributed by atoms with Gasteiger partial charge in [-0.15, -0.1) is 0 Å². The fourth-order valence-electron chi connectivity index (χ4n) is 4.92. The molecule has 0 unspecified atom stereocenters. The number of benzene rings is 2. The standard InChI is InChI=1S/C23H23N3O7S/c1-32-17-8-7-15-19(20(17)33-2)23(29)26-16-6-4-3-5-14(16)22(28)25(21(15)26)11-18(27)24-13-9-10-34(30,31)12-13/h3-8,13,21H,9-12H2,1-2H3,(H,24,27)/t13-,21+/m1/s1. The molecule has 10 nitrogen and oxygen atoms in total. The maximum atomic E-state index is 13.6.